The van der Waals surface area contributed by atoms with Crippen LogP contribution in [0, 0.1) is 0 Å². The van der Waals surface area contributed by atoms with Gasteiger partial charge in [-0.3, -0.25) is 0 Å². The zero-order valence-corrected chi connectivity index (χ0v) is 31.2. The van der Waals surface area contributed by atoms with Crippen LogP contribution >= 0.6 is 11.3 Å². The van der Waals surface area contributed by atoms with E-state index in [4.69, 9.17) is 54.2 Å². The summed E-state index contributed by atoms with van der Waals surface area (Å²) in [6.07, 6.45) is 0. The van der Waals surface area contributed by atoms with Gasteiger partial charge in [0.15, 0.2) is 17.5 Å². The highest BCUT2D eigenvalue weighted by Crippen LogP contribution is 2.52. The Labute approximate surface area is 339 Å². The average Bonchev–Trinajstić information content (AvgIpc) is 3.63. The highest BCUT2D eigenvalue weighted by atomic mass is 32.1. The van der Waals surface area contributed by atoms with Gasteiger partial charge in [0, 0.05) is 53.2 Å². The Morgan fingerprint density at radius 3 is 1.84 bits per heavy atom. The van der Waals surface area contributed by atoms with Crippen LogP contribution in [0.2, 0.25) is 0 Å². The first-order valence-electron chi connectivity index (χ1n) is 18.5. The molecule has 10 aromatic rings. The second-order valence-electron chi connectivity index (χ2n) is 14.3. The molecule has 3 heterocycles. The maximum atomic E-state index is 6.63. The highest BCUT2D eigenvalue weighted by molar-refractivity contribution is 7.25. The lowest BCUT2D eigenvalue weighted by atomic mass is 9.60. The minimum absolute atomic E-state index is 0.123. The van der Waals surface area contributed by atoms with E-state index in [9.17, 15) is 0 Å². The standard InChI is InChI=1S/C47H23B5N4S/c48-40-39(41(49)43(51)44(52)42(40)50)47-54-45(25-21-22-30-29-12-2-4-20-36(29)57-37(30)23-25)53-46(55-47)32-16-7-14-27-26(32)13-8-18-34(27)56-33-17-3-1-11-28(33)31-15-5-9-24-10-6-19-35(56)38(24)31/h1-23H. The molecule has 0 fully saturated rings. The van der Waals surface area contributed by atoms with E-state index in [1.54, 1.807) is 11.3 Å². The summed E-state index contributed by atoms with van der Waals surface area (Å²) in [6.45, 7) is 0. The molecule has 4 nitrogen and oxygen atoms in total. The molecule has 0 N–H and O–H groups in total. The molecule has 10 heteroatoms. The van der Waals surface area contributed by atoms with E-state index in [-0.39, 0.29) is 33.1 Å². The van der Waals surface area contributed by atoms with E-state index in [0.29, 0.717) is 17.2 Å². The van der Waals surface area contributed by atoms with Gasteiger partial charge in [0.25, 0.3) is 0 Å². The second-order valence-corrected chi connectivity index (χ2v) is 15.4. The van der Waals surface area contributed by atoms with Crippen LogP contribution in [-0.2, 0) is 0 Å². The molecule has 0 aliphatic carbocycles. The quantitative estimate of drug-likeness (QED) is 0.184. The summed E-state index contributed by atoms with van der Waals surface area (Å²) in [4.78, 5) is 17.6. The second kappa shape index (κ2) is 12.8. The zero-order chi connectivity index (χ0) is 38.5. The lowest BCUT2D eigenvalue weighted by Gasteiger charge is -2.34. The molecule has 11 rings (SSSR count). The van der Waals surface area contributed by atoms with Crippen molar-refractivity contribution in [2.75, 3.05) is 4.90 Å². The molecule has 2 aromatic heterocycles. The van der Waals surface area contributed by atoms with E-state index in [0.717, 1.165) is 43.7 Å². The van der Waals surface area contributed by atoms with Gasteiger partial charge in [-0.2, -0.15) is 0 Å². The first kappa shape index (κ1) is 33.9. The third-order valence-electron chi connectivity index (χ3n) is 11.1. The van der Waals surface area contributed by atoms with Gasteiger partial charge >= 0.3 is 0 Å². The summed E-state index contributed by atoms with van der Waals surface area (Å²) in [7, 11) is 32.2. The number of anilines is 3. The largest absolute Gasteiger partial charge is 0.309 e. The normalized spacial score (nSPS) is 12.2. The Morgan fingerprint density at radius 2 is 0.982 bits per heavy atom. The predicted molar refractivity (Wildman–Crippen MR) is 245 cm³/mol. The van der Waals surface area contributed by atoms with Crippen LogP contribution in [0.4, 0.5) is 17.1 Å². The van der Waals surface area contributed by atoms with Gasteiger partial charge in [-0.05, 0) is 46.7 Å². The van der Waals surface area contributed by atoms with Crippen molar-refractivity contribution in [3.63, 3.8) is 0 Å². The van der Waals surface area contributed by atoms with E-state index in [1.165, 1.54) is 37.4 Å². The Morgan fingerprint density at radius 1 is 0.404 bits per heavy atom. The molecular weight excluding hydrogens is 707 g/mol. The van der Waals surface area contributed by atoms with Gasteiger partial charge in [0.2, 0.25) is 0 Å². The first-order valence-corrected chi connectivity index (χ1v) is 19.3. The molecule has 8 aromatic carbocycles. The fourth-order valence-corrected chi connectivity index (χ4v) is 9.54. The number of benzene rings is 8. The Balaban J connectivity index is 1.16. The van der Waals surface area contributed by atoms with E-state index in [1.807, 2.05) is 18.2 Å². The van der Waals surface area contributed by atoms with Crippen LogP contribution in [0.3, 0.4) is 0 Å². The summed E-state index contributed by atoms with van der Waals surface area (Å²) in [5, 5.41) is 6.76. The third kappa shape index (κ3) is 5.10. The minimum atomic E-state index is 0.123. The van der Waals surface area contributed by atoms with Crippen molar-refractivity contribution in [2.45, 2.75) is 0 Å². The Bertz CT molecular complexity index is 3310. The summed E-state index contributed by atoms with van der Waals surface area (Å²) in [6, 6.07) is 48.8. The number of aromatic nitrogens is 3. The Hall–Kier alpha value is -6.37. The topological polar surface area (TPSA) is 41.9 Å². The molecule has 0 unspecified atom stereocenters. The number of fused-ring (bicyclic) bond motifs is 6. The number of thiophene rings is 1. The molecule has 0 atom stereocenters. The van der Waals surface area contributed by atoms with Gasteiger partial charge in [0.05, 0.1) is 17.1 Å². The van der Waals surface area contributed by atoms with Crippen molar-refractivity contribution in [1.29, 1.82) is 0 Å². The lowest BCUT2D eigenvalue weighted by Crippen LogP contribution is -2.55. The molecule has 1 aliphatic heterocycles. The molecule has 1 aliphatic rings. The van der Waals surface area contributed by atoms with Crippen LogP contribution in [0.25, 0.3) is 87.0 Å². The summed E-state index contributed by atoms with van der Waals surface area (Å²) in [5.74, 6) is 1.12. The van der Waals surface area contributed by atoms with Gasteiger partial charge in [-0.1, -0.05) is 120 Å². The molecule has 252 valence electrons. The molecule has 0 spiro atoms. The van der Waals surface area contributed by atoms with Crippen molar-refractivity contribution >= 4 is 137 Å². The number of hydrogen-bond acceptors (Lipinski definition) is 5. The number of nitrogens with zero attached hydrogens (tertiary/aromatic N) is 4. The molecule has 0 bridgehead atoms. The minimum Gasteiger partial charge on any atom is -0.309 e. The fraction of sp³-hybridized carbons (Fsp3) is 0. The molecule has 0 amide bonds. The average molecular weight is 730 g/mol. The van der Waals surface area contributed by atoms with Crippen molar-refractivity contribution in [3.05, 3.63) is 140 Å². The first-order chi connectivity index (χ1) is 27.9. The molecule has 57 heavy (non-hydrogen) atoms. The lowest BCUT2D eigenvalue weighted by molar-refractivity contribution is 1.08. The SMILES string of the molecule is [B]c1c([B])c([B])c(-c2nc(-c3ccc4c(c3)sc3ccccc34)nc(-c3cccc4c(N5c6ccccc6-c6cccc7cccc5c67)cccc34)n2)c([B])c1[B]. The Kier molecular flexibility index (Phi) is 7.64. The maximum absolute atomic E-state index is 6.63. The van der Waals surface area contributed by atoms with Crippen molar-refractivity contribution in [1.82, 2.24) is 15.0 Å². The van der Waals surface area contributed by atoms with Gasteiger partial charge in [-0.25, -0.2) is 15.0 Å². The summed E-state index contributed by atoms with van der Waals surface area (Å²) in [5.41, 5.74) is 8.25. The summed E-state index contributed by atoms with van der Waals surface area (Å²) >= 11 is 1.73. The third-order valence-corrected chi connectivity index (χ3v) is 12.3. The van der Waals surface area contributed by atoms with E-state index >= 15 is 0 Å². The van der Waals surface area contributed by atoms with Crippen molar-refractivity contribution in [3.8, 4) is 45.3 Å². The van der Waals surface area contributed by atoms with Crippen LogP contribution in [0.1, 0.15) is 0 Å². The van der Waals surface area contributed by atoms with Gasteiger partial charge < -0.3 is 4.90 Å². The zero-order valence-electron chi connectivity index (χ0n) is 30.4. The fourth-order valence-electron chi connectivity index (χ4n) is 8.39. The highest BCUT2D eigenvalue weighted by Gasteiger charge is 2.27. The molecule has 0 saturated heterocycles. The number of rotatable bonds is 4. The number of hydrogen-bond donors (Lipinski definition) is 0. The van der Waals surface area contributed by atoms with Crippen LogP contribution < -0.4 is 32.2 Å². The molecule has 10 radical (unpaired) electrons. The molecule has 0 saturated carbocycles. The van der Waals surface area contributed by atoms with E-state index in [2.05, 4.69) is 126 Å². The summed E-state index contributed by atoms with van der Waals surface area (Å²) < 4.78 is 2.32. The van der Waals surface area contributed by atoms with Crippen LogP contribution in [-0.4, -0.2) is 54.2 Å². The van der Waals surface area contributed by atoms with Gasteiger partial charge in [0.1, 0.15) is 39.2 Å². The number of para-hydroxylation sites is 1. The smallest absolute Gasteiger partial charge is 0.164 e. The van der Waals surface area contributed by atoms with Gasteiger partial charge in [-0.15, -0.1) is 27.7 Å². The predicted octanol–water partition coefficient (Wildman–Crippen LogP) is 6.97. The van der Waals surface area contributed by atoms with Crippen molar-refractivity contribution in [2.24, 2.45) is 0 Å². The van der Waals surface area contributed by atoms with Crippen LogP contribution in [0.5, 0.6) is 0 Å². The van der Waals surface area contributed by atoms with E-state index < -0.39 is 0 Å². The van der Waals surface area contributed by atoms with Crippen LogP contribution in [0.15, 0.2) is 140 Å². The molecular formula is C47H23B5N4S. The maximum Gasteiger partial charge on any atom is 0.164 e. The van der Waals surface area contributed by atoms with Crippen molar-refractivity contribution < 1.29 is 0 Å². The monoisotopic (exact) mass is 730 g/mol.